The molecule has 0 aliphatic rings. The molecule has 2 heterocycles. The molecule has 0 saturated carbocycles. The summed E-state index contributed by atoms with van der Waals surface area (Å²) in [6.07, 6.45) is 3.03. The first-order valence-corrected chi connectivity index (χ1v) is 5.97. The SMILES string of the molecule is NC(c1ccc(F)cc1)c1n[nH]c(Cn2cncn2)n1. The van der Waals surface area contributed by atoms with Crippen molar-refractivity contribution in [2.75, 3.05) is 0 Å². The minimum atomic E-state index is -0.503. The molecule has 2 aromatic heterocycles. The fourth-order valence-corrected chi connectivity index (χ4v) is 1.81. The number of H-pyrrole nitrogens is 1. The summed E-state index contributed by atoms with van der Waals surface area (Å²) in [5, 5.41) is 10.9. The summed E-state index contributed by atoms with van der Waals surface area (Å²) in [5.41, 5.74) is 6.80. The van der Waals surface area contributed by atoms with E-state index in [1.54, 1.807) is 23.1 Å². The van der Waals surface area contributed by atoms with E-state index in [9.17, 15) is 4.39 Å². The summed E-state index contributed by atoms with van der Waals surface area (Å²) < 4.78 is 14.5. The maximum absolute atomic E-state index is 12.9. The van der Waals surface area contributed by atoms with Crippen LogP contribution in [0.5, 0.6) is 0 Å². The number of nitrogens with zero attached hydrogens (tertiary/aromatic N) is 5. The first-order chi connectivity index (χ1) is 9.72. The Labute approximate surface area is 113 Å². The molecule has 1 atom stereocenters. The predicted octanol–water partition coefficient (Wildman–Crippen LogP) is 0.632. The van der Waals surface area contributed by atoms with Crippen LogP contribution in [0.25, 0.3) is 0 Å². The summed E-state index contributed by atoms with van der Waals surface area (Å²) in [6.45, 7) is 0.434. The van der Waals surface area contributed by atoms with Gasteiger partial charge in [0.1, 0.15) is 30.8 Å². The summed E-state index contributed by atoms with van der Waals surface area (Å²) in [6, 6.07) is 5.45. The molecule has 3 rings (SSSR count). The molecule has 3 N–H and O–H groups in total. The average Bonchev–Trinajstić information content (AvgIpc) is 3.11. The number of rotatable bonds is 4. The molecule has 0 amide bonds. The van der Waals surface area contributed by atoms with Crippen molar-refractivity contribution in [3.63, 3.8) is 0 Å². The number of hydrogen-bond acceptors (Lipinski definition) is 5. The molecular formula is C12H12FN7. The normalized spacial score (nSPS) is 12.5. The van der Waals surface area contributed by atoms with E-state index in [-0.39, 0.29) is 5.82 Å². The minimum absolute atomic E-state index is 0.303. The Kier molecular flexibility index (Phi) is 3.21. The summed E-state index contributed by atoms with van der Waals surface area (Å²) in [5.74, 6) is 0.776. The van der Waals surface area contributed by atoms with Gasteiger partial charge in [-0.3, -0.25) is 5.10 Å². The third kappa shape index (κ3) is 2.54. The van der Waals surface area contributed by atoms with Gasteiger partial charge >= 0.3 is 0 Å². The molecule has 8 heteroatoms. The summed E-state index contributed by atoms with van der Waals surface area (Å²) in [4.78, 5) is 8.16. The van der Waals surface area contributed by atoms with E-state index < -0.39 is 6.04 Å². The van der Waals surface area contributed by atoms with Gasteiger partial charge in [-0.15, -0.1) is 0 Å². The van der Waals surface area contributed by atoms with E-state index in [1.165, 1.54) is 18.5 Å². The first kappa shape index (κ1) is 12.4. The zero-order valence-electron chi connectivity index (χ0n) is 10.4. The molecule has 1 aromatic carbocycles. The second-order valence-corrected chi connectivity index (χ2v) is 4.26. The molecule has 102 valence electrons. The quantitative estimate of drug-likeness (QED) is 0.726. The molecule has 3 aromatic rings. The Bertz CT molecular complexity index is 674. The van der Waals surface area contributed by atoms with Crippen molar-refractivity contribution in [1.82, 2.24) is 29.9 Å². The minimum Gasteiger partial charge on any atom is -0.318 e. The van der Waals surface area contributed by atoms with E-state index in [2.05, 4.69) is 25.3 Å². The number of benzene rings is 1. The van der Waals surface area contributed by atoms with E-state index in [1.807, 2.05) is 0 Å². The van der Waals surface area contributed by atoms with Crippen LogP contribution in [0.3, 0.4) is 0 Å². The van der Waals surface area contributed by atoms with Gasteiger partial charge in [0.2, 0.25) is 0 Å². The first-order valence-electron chi connectivity index (χ1n) is 5.97. The molecule has 0 radical (unpaired) electrons. The number of halogens is 1. The van der Waals surface area contributed by atoms with Crippen molar-refractivity contribution < 1.29 is 4.39 Å². The van der Waals surface area contributed by atoms with Crippen LogP contribution in [0.4, 0.5) is 4.39 Å². The molecule has 0 aliphatic heterocycles. The van der Waals surface area contributed by atoms with Gasteiger partial charge in [0.05, 0.1) is 6.04 Å². The van der Waals surface area contributed by atoms with Gasteiger partial charge < -0.3 is 5.73 Å². The largest absolute Gasteiger partial charge is 0.318 e. The molecule has 0 aliphatic carbocycles. The van der Waals surface area contributed by atoms with Crippen LogP contribution in [0.1, 0.15) is 23.3 Å². The Hall–Kier alpha value is -2.61. The fraction of sp³-hybridized carbons (Fsp3) is 0.167. The lowest BCUT2D eigenvalue weighted by atomic mass is 10.1. The van der Waals surface area contributed by atoms with Crippen molar-refractivity contribution in [1.29, 1.82) is 0 Å². The number of aromatic amines is 1. The lowest BCUT2D eigenvalue weighted by Gasteiger charge is -2.07. The average molecular weight is 273 g/mol. The predicted molar refractivity (Wildman–Crippen MR) is 67.9 cm³/mol. The highest BCUT2D eigenvalue weighted by atomic mass is 19.1. The lowest BCUT2D eigenvalue weighted by molar-refractivity contribution is 0.626. The van der Waals surface area contributed by atoms with Gasteiger partial charge in [0.25, 0.3) is 0 Å². The van der Waals surface area contributed by atoms with Crippen LogP contribution in [0.2, 0.25) is 0 Å². The second kappa shape index (κ2) is 5.17. The maximum atomic E-state index is 12.9. The number of hydrogen-bond donors (Lipinski definition) is 2. The summed E-state index contributed by atoms with van der Waals surface area (Å²) >= 11 is 0. The maximum Gasteiger partial charge on any atom is 0.171 e. The number of nitrogens with one attached hydrogen (secondary N) is 1. The zero-order valence-corrected chi connectivity index (χ0v) is 10.4. The highest BCUT2D eigenvalue weighted by Crippen LogP contribution is 2.16. The Morgan fingerprint density at radius 3 is 2.80 bits per heavy atom. The van der Waals surface area contributed by atoms with Gasteiger partial charge in [-0.05, 0) is 17.7 Å². The highest BCUT2D eigenvalue weighted by Gasteiger charge is 2.14. The molecule has 0 spiro atoms. The van der Waals surface area contributed by atoms with Gasteiger partial charge in [0, 0.05) is 0 Å². The van der Waals surface area contributed by atoms with Crippen LogP contribution in [0.15, 0.2) is 36.9 Å². The molecule has 0 fully saturated rings. The number of nitrogens with two attached hydrogens (primary N) is 1. The monoisotopic (exact) mass is 273 g/mol. The van der Waals surface area contributed by atoms with Gasteiger partial charge in [-0.25, -0.2) is 19.0 Å². The zero-order chi connectivity index (χ0) is 13.9. The third-order valence-corrected chi connectivity index (χ3v) is 2.83. The smallest absolute Gasteiger partial charge is 0.171 e. The van der Waals surface area contributed by atoms with Gasteiger partial charge in [0.15, 0.2) is 5.82 Å². The molecule has 20 heavy (non-hydrogen) atoms. The van der Waals surface area contributed by atoms with Crippen LogP contribution >= 0.6 is 0 Å². The fourth-order valence-electron chi connectivity index (χ4n) is 1.81. The van der Waals surface area contributed by atoms with E-state index in [0.717, 1.165) is 5.56 Å². The van der Waals surface area contributed by atoms with Crippen molar-refractivity contribution in [3.05, 3.63) is 59.9 Å². The lowest BCUT2D eigenvalue weighted by Crippen LogP contribution is -2.13. The van der Waals surface area contributed by atoms with Gasteiger partial charge in [-0.2, -0.15) is 10.2 Å². The second-order valence-electron chi connectivity index (χ2n) is 4.26. The third-order valence-electron chi connectivity index (χ3n) is 2.83. The summed E-state index contributed by atoms with van der Waals surface area (Å²) in [7, 11) is 0. The van der Waals surface area contributed by atoms with Gasteiger partial charge in [-0.1, -0.05) is 12.1 Å². The Balaban J connectivity index is 1.77. The van der Waals surface area contributed by atoms with Crippen molar-refractivity contribution in [2.45, 2.75) is 12.6 Å². The van der Waals surface area contributed by atoms with Crippen LogP contribution in [0, 0.1) is 5.82 Å². The highest BCUT2D eigenvalue weighted by molar-refractivity contribution is 5.24. The van der Waals surface area contributed by atoms with Crippen LogP contribution in [-0.2, 0) is 6.54 Å². The molecule has 7 nitrogen and oxygen atoms in total. The van der Waals surface area contributed by atoms with Crippen LogP contribution in [-0.4, -0.2) is 29.9 Å². The van der Waals surface area contributed by atoms with E-state index in [0.29, 0.717) is 18.2 Å². The van der Waals surface area contributed by atoms with E-state index >= 15 is 0 Å². The topological polar surface area (TPSA) is 98.3 Å². The standard InChI is InChI=1S/C12H12FN7/c13-9-3-1-8(2-4-9)11(14)12-17-10(18-19-12)5-20-7-15-6-16-20/h1-4,6-7,11H,5,14H2,(H,17,18,19). The van der Waals surface area contributed by atoms with Crippen molar-refractivity contribution in [3.8, 4) is 0 Å². The number of aromatic nitrogens is 6. The molecule has 1 unspecified atom stereocenters. The van der Waals surface area contributed by atoms with Crippen molar-refractivity contribution in [2.24, 2.45) is 5.73 Å². The van der Waals surface area contributed by atoms with Crippen molar-refractivity contribution >= 4 is 0 Å². The van der Waals surface area contributed by atoms with Crippen LogP contribution < -0.4 is 5.73 Å². The molecule has 0 saturated heterocycles. The molecular weight excluding hydrogens is 261 g/mol. The Morgan fingerprint density at radius 1 is 1.30 bits per heavy atom. The Morgan fingerprint density at radius 2 is 2.10 bits per heavy atom. The van der Waals surface area contributed by atoms with E-state index in [4.69, 9.17) is 5.73 Å². The molecule has 0 bridgehead atoms.